The third-order valence-electron chi connectivity index (χ3n) is 4.46. The molecule has 0 radical (unpaired) electrons. The van der Waals surface area contributed by atoms with Crippen LogP contribution in [0.5, 0.6) is 11.5 Å². The van der Waals surface area contributed by atoms with Gasteiger partial charge >= 0.3 is 0 Å². The normalized spacial score (nSPS) is 20.1. The summed E-state index contributed by atoms with van der Waals surface area (Å²) in [6.45, 7) is 3.37. The Morgan fingerprint density at radius 1 is 1.24 bits per heavy atom. The lowest BCUT2D eigenvalue weighted by Gasteiger charge is -2.22. The fourth-order valence-electron chi connectivity index (χ4n) is 3.01. The maximum atomic E-state index is 12.4. The van der Waals surface area contributed by atoms with E-state index in [9.17, 15) is 13.2 Å². The van der Waals surface area contributed by atoms with E-state index in [-0.39, 0.29) is 23.0 Å². The molecule has 2 N–H and O–H groups in total. The molecule has 0 aliphatic carbocycles. The summed E-state index contributed by atoms with van der Waals surface area (Å²) < 4.78 is 35.7. The first-order valence-electron chi connectivity index (χ1n) is 8.64. The zero-order valence-corrected chi connectivity index (χ0v) is 14.9. The molecule has 7 nitrogen and oxygen atoms in total. The SMILES string of the molecule is O=C(CCS(=O)(=O)c1ccc2c(c1)OCCO2)NCC1CCCNC1. The smallest absolute Gasteiger partial charge is 0.221 e. The Hall–Kier alpha value is -1.80. The molecule has 0 aromatic heterocycles. The van der Waals surface area contributed by atoms with E-state index in [1.165, 1.54) is 12.1 Å². The van der Waals surface area contributed by atoms with E-state index < -0.39 is 9.84 Å². The third-order valence-corrected chi connectivity index (χ3v) is 6.17. The minimum absolute atomic E-state index is 0.0447. The lowest BCUT2D eigenvalue weighted by Crippen LogP contribution is -2.38. The molecule has 25 heavy (non-hydrogen) atoms. The van der Waals surface area contributed by atoms with E-state index in [0.29, 0.717) is 37.2 Å². The van der Waals surface area contributed by atoms with Crippen LogP contribution in [0, 0.1) is 5.92 Å². The summed E-state index contributed by atoms with van der Waals surface area (Å²) in [7, 11) is -3.54. The van der Waals surface area contributed by atoms with Gasteiger partial charge in [-0.2, -0.15) is 0 Å². The highest BCUT2D eigenvalue weighted by Crippen LogP contribution is 2.32. The number of carbonyl (C=O) groups excluding carboxylic acids is 1. The van der Waals surface area contributed by atoms with Gasteiger partial charge < -0.3 is 20.1 Å². The van der Waals surface area contributed by atoms with Crippen LogP contribution in [0.2, 0.25) is 0 Å². The van der Waals surface area contributed by atoms with Gasteiger partial charge in [0.2, 0.25) is 5.91 Å². The van der Waals surface area contributed by atoms with Crippen molar-refractivity contribution in [3.05, 3.63) is 18.2 Å². The lowest BCUT2D eigenvalue weighted by atomic mass is 10.00. The Morgan fingerprint density at radius 3 is 2.80 bits per heavy atom. The van der Waals surface area contributed by atoms with Crippen LogP contribution in [-0.4, -0.2) is 52.9 Å². The Kier molecular flexibility index (Phi) is 5.80. The summed E-state index contributed by atoms with van der Waals surface area (Å²) in [6, 6.07) is 4.56. The van der Waals surface area contributed by atoms with E-state index in [2.05, 4.69) is 10.6 Å². The van der Waals surface area contributed by atoms with Crippen molar-refractivity contribution in [1.29, 1.82) is 0 Å². The average molecular weight is 368 g/mol. The molecule has 0 bridgehead atoms. The second-order valence-corrected chi connectivity index (χ2v) is 8.50. The van der Waals surface area contributed by atoms with Crippen molar-refractivity contribution in [3.63, 3.8) is 0 Å². The first kappa shape index (κ1) is 18.0. The first-order valence-corrected chi connectivity index (χ1v) is 10.3. The van der Waals surface area contributed by atoms with Crippen LogP contribution in [0.25, 0.3) is 0 Å². The van der Waals surface area contributed by atoms with Crippen molar-refractivity contribution < 1.29 is 22.7 Å². The Bertz CT molecular complexity index is 714. The number of nitrogens with one attached hydrogen (secondary N) is 2. The van der Waals surface area contributed by atoms with Crippen LogP contribution in [0.15, 0.2) is 23.1 Å². The van der Waals surface area contributed by atoms with Crippen molar-refractivity contribution in [1.82, 2.24) is 10.6 Å². The molecular weight excluding hydrogens is 344 g/mol. The number of amides is 1. The molecule has 0 spiro atoms. The van der Waals surface area contributed by atoms with E-state index in [0.717, 1.165) is 25.9 Å². The molecule has 1 atom stereocenters. The number of fused-ring (bicyclic) bond motifs is 1. The molecule has 1 aromatic rings. The fourth-order valence-corrected chi connectivity index (χ4v) is 4.26. The molecule has 1 amide bonds. The predicted molar refractivity (Wildman–Crippen MR) is 92.7 cm³/mol. The number of ether oxygens (including phenoxy) is 2. The van der Waals surface area contributed by atoms with Crippen LogP contribution in [0.3, 0.4) is 0 Å². The molecular formula is C17H24N2O5S. The summed E-state index contributed by atoms with van der Waals surface area (Å²) in [4.78, 5) is 12.1. The van der Waals surface area contributed by atoms with E-state index >= 15 is 0 Å². The monoisotopic (exact) mass is 368 g/mol. The standard InChI is InChI=1S/C17H24N2O5S/c20-17(19-12-13-2-1-6-18-11-13)5-9-25(21,22)14-3-4-15-16(10-14)24-8-7-23-15/h3-4,10,13,18H,1-2,5-9,11-12H2,(H,19,20). The van der Waals surface area contributed by atoms with E-state index in [1.807, 2.05) is 0 Å². The Balaban J connectivity index is 1.51. The van der Waals surface area contributed by atoms with Crippen molar-refractivity contribution in [3.8, 4) is 11.5 Å². The van der Waals surface area contributed by atoms with Crippen LogP contribution < -0.4 is 20.1 Å². The van der Waals surface area contributed by atoms with Gasteiger partial charge in [0.1, 0.15) is 13.2 Å². The second-order valence-electron chi connectivity index (χ2n) is 6.39. The van der Waals surface area contributed by atoms with Crippen LogP contribution in [-0.2, 0) is 14.6 Å². The highest BCUT2D eigenvalue weighted by atomic mass is 32.2. The highest BCUT2D eigenvalue weighted by molar-refractivity contribution is 7.91. The first-order chi connectivity index (χ1) is 12.0. The molecule has 138 valence electrons. The van der Waals surface area contributed by atoms with E-state index in [4.69, 9.17) is 9.47 Å². The van der Waals surface area contributed by atoms with Crippen molar-refractivity contribution >= 4 is 15.7 Å². The summed E-state index contributed by atoms with van der Waals surface area (Å²) in [5.74, 6) is 0.950. The molecule has 1 fully saturated rings. The molecule has 1 saturated heterocycles. The van der Waals surface area contributed by atoms with Crippen molar-refractivity contribution in [2.45, 2.75) is 24.2 Å². The Morgan fingerprint density at radius 2 is 2.04 bits per heavy atom. The molecule has 1 unspecified atom stereocenters. The minimum atomic E-state index is -3.54. The van der Waals surface area contributed by atoms with Crippen LogP contribution in [0.4, 0.5) is 0 Å². The molecule has 3 rings (SSSR count). The minimum Gasteiger partial charge on any atom is -0.486 e. The van der Waals surface area contributed by atoms with Gasteiger partial charge in [-0.3, -0.25) is 4.79 Å². The number of piperidine rings is 1. The van der Waals surface area contributed by atoms with Crippen molar-refractivity contribution in [2.24, 2.45) is 5.92 Å². The predicted octanol–water partition coefficient (Wildman–Crippen LogP) is 0.737. The molecule has 0 saturated carbocycles. The highest BCUT2D eigenvalue weighted by Gasteiger charge is 2.21. The van der Waals surface area contributed by atoms with Crippen LogP contribution >= 0.6 is 0 Å². The van der Waals surface area contributed by atoms with Gasteiger partial charge in [-0.1, -0.05) is 0 Å². The Labute approximate surface area is 148 Å². The zero-order chi connectivity index (χ0) is 17.7. The topological polar surface area (TPSA) is 93.7 Å². The largest absolute Gasteiger partial charge is 0.486 e. The average Bonchev–Trinajstić information content (AvgIpc) is 2.65. The summed E-state index contributed by atoms with van der Waals surface area (Å²) in [6.07, 6.45) is 2.15. The third kappa shape index (κ3) is 4.85. The molecule has 2 heterocycles. The molecule has 1 aromatic carbocycles. The van der Waals surface area contributed by atoms with Gasteiger partial charge in [0, 0.05) is 19.0 Å². The lowest BCUT2D eigenvalue weighted by molar-refractivity contribution is -0.120. The quantitative estimate of drug-likeness (QED) is 0.769. The van der Waals surface area contributed by atoms with Crippen LogP contribution in [0.1, 0.15) is 19.3 Å². The molecule has 8 heteroatoms. The molecule has 2 aliphatic rings. The van der Waals surface area contributed by atoms with Gasteiger partial charge in [0.15, 0.2) is 21.3 Å². The number of hydrogen-bond donors (Lipinski definition) is 2. The van der Waals surface area contributed by atoms with Gasteiger partial charge in [0.25, 0.3) is 0 Å². The van der Waals surface area contributed by atoms with E-state index in [1.54, 1.807) is 6.07 Å². The van der Waals surface area contributed by atoms with Gasteiger partial charge in [-0.05, 0) is 44.0 Å². The summed E-state index contributed by atoms with van der Waals surface area (Å²) in [5.41, 5.74) is 0. The number of rotatable bonds is 6. The molecule has 2 aliphatic heterocycles. The fraction of sp³-hybridized carbons (Fsp3) is 0.588. The summed E-state index contributed by atoms with van der Waals surface area (Å²) in [5, 5.41) is 6.13. The second kappa shape index (κ2) is 8.05. The number of benzene rings is 1. The maximum absolute atomic E-state index is 12.4. The van der Waals surface area contributed by atoms with Gasteiger partial charge in [0.05, 0.1) is 10.6 Å². The zero-order valence-electron chi connectivity index (χ0n) is 14.1. The summed E-state index contributed by atoms with van der Waals surface area (Å²) >= 11 is 0. The van der Waals surface area contributed by atoms with Gasteiger partial charge in [-0.15, -0.1) is 0 Å². The van der Waals surface area contributed by atoms with Gasteiger partial charge in [-0.25, -0.2) is 8.42 Å². The number of hydrogen-bond acceptors (Lipinski definition) is 6. The number of sulfone groups is 1. The number of carbonyl (C=O) groups is 1. The maximum Gasteiger partial charge on any atom is 0.221 e. The van der Waals surface area contributed by atoms with Crippen molar-refractivity contribution in [2.75, 3.05) is 38.6 Å².